The molecule has 0 aliphatic rings. The molecule has 0 radical (unpaired) electrons. The van der Waals surface area contributed by atoms with Crippen LogP contribution in [0, 0.1) is 0 Å². The number of rotatable bonds is 8. The van der Waals surface area contributed by atoms with Gasteiger partial charge in [-0.15, -0.1) is 0 Å². The van der Waals surface area contributed by atoms with Crippen molar-refractivity contribution in [1.82, 2.24) is 0 Å². The Morgan fingerprint density at radius 2 is 0.462 bits per heavy atom. The molecule has 0 atom stereocenters. The number of unbranched alkanes of at least 4 members (excludes halogenated alkanes) is 8. The van der Waals surface area contributed by atoms with Crippen molar-refractivity contribution in [1.29, 1.82) is 0 Å². The lowest BCUT2D eigenvalue weighted by Gasteiger charge is -1.98. The predicted octanol–water partition coefficient (Wildman–Crippen LogP) is 8.44. The third-order valence-corrected chi connectivity index (χ3v) is 2.21. The van der Waals surface area contributed by atoms with E-state index >= 15 is 0 Å². The Hall–Kier alpha value is -0.645. The molecule has 0 rings (SSSR count). The Kier molecular flexibility index (Phi) is 24.3. The summed E-state index contributed by atoms with van der Waals surface area (Å²) in [5, 5.41) is 0. The van der Waals surface area contributed by atoms with Crippen LogP contribution in [0.15, 0.2) is 0 Å². The van der Waals surface area contributed by atoms with Gasteiger partial charge in [0.25, 0.3) is 0 Å². The fourth-order valence-corrected chi connectivity index (χ4v) is 1.38. The van der Waals surface area contributed by atoms with E-state index in [0.29, 0.717) is 0 Å². The van der Waals surface area contributed by atoms with Gasteiger partial charge >= 0.3 is 21.8 Å². The molecule has 0 spiro atoms. The van der Waals surface area contributed by atoms with Crippen LogP contribution in [0.25, 0.3) is 0 Å². The lowest BCUT2D eigenvalue weighted by atomic mass is 10.1. The maximum atomic E-state index is 9.75. The number of hydrogen-bond donors (Lipinski definition) is 0. The van der Waals surface area contributed by atoms with Gasteiger partial charge in [0.1, 0.15) is 0 Å². The summed E-state index contributed by atoms with van der Waals surface area (Å²) in [5.41, 5.74) is 0. The summed E-state index contributed by atoms with van der Waals surface area (Å²) >= 11 is 0. The normalized spacial score (nSPS) is 11.3. The lowest BCUT2D eigenvalue weighted by Crippen LogP contribution is -2.02. The smallest absolute Gasteiger partial charge is 0.418 e. The van der Waals surface area contributed by atoms with Crippen molar-refractivity contribution in [3.8, 4) is 0 Å². The third kappa shape index (κ3) is 216. The molecule has 0 N–H and O–H groups in total. The Morgan fingerprint density at radius 3 is 0.577 bits per heavy atom. The summed E-state index contributed by atoms with van der Waals surface area (Å²) in [4.78, 5) is 0. The molecule has 0 unspecified atom stereocenters. The van der Waals surface area contributed by atoms with Crippen LogP contribution in [0.1, 0.15) is 71.6 Å². The van der Waals surface area contributed by atoms with Gasteiger partial charge in [0.05, 0.1) is 0 Å². The zero-order valence-corrected chi connectivity index (χ0v) is 14.6. The van der Waals surface area contributed by atoms with E-state index in [2.05, 4.69) is 13.8 Å². The fraction of sp³-hybridized carbons (Fsp3) is 1.00. The third-order valence-electron chi connectivity index (χ3n) is 2.21. The van der Waals surface area contributed by atoms with Crippen LogP contribution in [-0.2, 0) is 0 Å². The van der Waals surface area contributed by atoms with E-state index in [0.717, 1.165) is 0 Å². The van der Waals surface area contributed by atoms with E-state index in [4.69, 9.17) is 0 Å². The molecule has 0 amide bonds. The molecule has 0 aromatic heterocycles. The predicted molar refractivity (Wildman–Crippen MR) is 83.5 cm³/mol. The summed E-state index contributed by atoms with van der Waals surface area (Å²) in [5.74, 6) is 0. The topological polar surface area (TPSA) is 0 Å². The second kappa shape index (κ2) is 19.1. The summed E-state index contributed by atoms with van der Waals surface area (Å²) < 4.78 is 117. The molecule has 0 aromatic carbocycles. The van der Waals surface area contributed by atoms with E-state index in [-0.39, 0.29) is 0 Å². The summed E-state index contributed by atoms with van der Waals surface area (Å²) in [7, 11) is -18.0. The Balaban J connectivity index is -0.000000136. The number of hydrogen-bond acceptors (Lipinski definition) is 0. The SMILES string of the molecule is CCCCCCCCCCC.F[B-](F)(F)F.F[B-](F)(F)F.F[B-](F)(F)F. The van der Waals surface area contributed by atoms with Crippen molar-refractivity contribution in [2.75, 3.05) is 0 Å². The van der Waals surface area contributed by atoms with Gasteiger partial charge in [-0.3, -0.25) is 0 Å². The molecule has 15 heteroatoms. The highest BCUT2D eigenvalue weighted by molar-refractivity contribution is 6.50. The maximum Gasteiger partial charge on any atom is 0.673 e. The van der Waals surface area contributed by atoms with Gasteiger partial charge in [0, 0.05) is 0 Å². The van der Waals surface area contributed by atoms with Gasteiger partial charge in [0.2, 0.25) is 0 Å². The molecular weight excluding hydrogens is 393 g/mol. The minimum atomic E-state index is -6.00. The van der Waals surface area contributed by atoms with E-state index in [1.54, 1.807) is 0 Å². The Labute approximate surface area is 146 Å². The highest BCUT2D eigenvalue weighted by Crippen LogP contribution is 2.09. The molecule has 0 fully saturated rings. The minimum absolute atomic E-state index is 1.37. The van der Waals surface area contributed by atoms with E-state index in [1.165, 1.54) is 57.8 Å². The minimum Gasteiger partial charge on any atom is -0.418 e. The van der Waals surface area contributed by atoms with Gasteiger partial charge in [0.15, 0.2) is 0 Å². The maximum absolute atomic E-state index is 9.75. The van der Waals surface area contributed by atoms with E-state index in [9.17, 15) is 51.8 Å². The quantitative estimate of drug-likeness (QED) is 0.211. The van der Waals surface area contributed by atoms with Crippen LogP contribution in [0.3, 0.4) is 0 Å². The zero-order chi connectivity index (χ0) is 21.9. The van der Waals surface area contributed by atoms with Crippen LogP contribution in [0.2, 0.25) is 0 Å². The van der Waals surface area contributed by atoms with Crippen LogP contribution >= 0.6 is 0 Å². The molecule has 0 aliphatic carbocycles. The Morgan fingerprint density at radius 1 is 0.346 bits per heavy atom. The summed E-state index contributed by atoms with van der Waals surface area (Å²) in [6.45, 7) is 4.55. The summed E-state index contributed by atoms with van der Waals surface area (Å²) in [6, 6.07) is 0. The first-order valence-electron chi connectivity index (χ1n) is 8.03. The van der Waals surface area contributed by atoms with E-state index in [1.807, 2.05) is 0 Å². The first kappa shape index (κ1) is 33.0. The average Bonchev–Trinajstić information content (AvgIpc) is 2.32. The standard InChI is InChI=1S/C11H24.3BF4/c1-3-5-7-9-11-10-8-6-4-2;3*2-1(3,4)5/h3-11H2,1-2H3;;;/q;3*-1. The second-order valence-electron chi connectivity index (χ2n) is 4.96. The van der Waals surface area contributed by atoms with Crippen molar-refractivity contribution < 1.29 is 51.8 Å². The van der Waals surface area contributed by atoms with Gasteiger partial charge < -0.3 is 51.8 Å². The van der Waals surface area contributed by atoms with Crippen LogP contribution < -0.4 is 0 Å². The molecular formula is C11H24B3F12-3. The highest BCUT2D eigenvalue weighted by Gasteiger charge is 2.21. The average molecular weight is 417 g/mol. The van der Waals surface area contributed by atoms with Crippen molar-refractivity contribution in [2.45, 2.75) is 71.6 Å². The van der Waals surface area contributed by atoms with E-state index < -0.39 is 21.8 Å². The van der Waals surface area contributed by atoms with Crippen LogP contribution in [0.4, 0.5) is 51.8 Å². The molecule has 164 valence electrons. The summed E-state index contributed by atoms with van der Waals surface area (Å²) in [6.07, 6.45) is 13.0. The van der Waals surface area contributed by atoms with Crippen molar-refractivity contribution in [2.24, 2.45) is 0 Å². The molecule has 0 nitrogen and oxygen atoms in total. The zero-order valence-electron chi connectivity index (χ0n) is 14.6. The molecule has 0 heterocycles. The van der Waals surface area contributed by atoms with Gasteiger partial charge in [-0.2, -0.15) is 0 Å². The second-order valence-corrected chi connectivity index (χ2v) is 4.96. The fourth-order valence-electron chi connectivity index (χ4n) is 1.38. The van der Waals surface area contributed by atoms with Gasteiger partial charge in [-0.25, -0.2) is 0 Å². The van der Waals surface area contributed by atoms with Gasteiger partial charge in [-0.05, 0) is 0 Å². The molecule has 0 saturated carbocycles. The first-order valence-corrected chi connectivity index (χ1v) is 8.03. The van der Waals surface area contributed by atoms with Crippen molar-refractivity contribution >= 4 is 21.8 Å². The highest BCUT2D eigenvalue weighted by atomic mass is 19.5. The van der Waals surface area contributed by atoms with Gasteiger partial charge in [-0.1, -0.05) is 71.6 Å². The number of halogens is 12. The van der Waals surface area contributed by atoms with Crippen molar-refractivity contribution in [3.05, 3.63) is 0 Å². The van der Waals surface area contributed by atoms with Crippen LogP contribution in [0.5, 0.6) is 0 Å². The van der Waals surface area contributed by atoms with Crippen molar-refractivity contribution in [3.63, 3.8) is 0 Å². The lowest BCUT2D eigenvalue weighted by molar-refractivity contribution is 0.366. The molecule has 26 heavy (non-hydrogen) atoms. The molecule has 0 bridgehead atoms. The monoisotopic (exact) mass is 417 g/mol. The first-order chi connectivity index (χ1) is 11.4. The molecule has 0 aromatic rings. The Bertz CT molecular complexity index is 210. The molecule has 0 saturated heterocycles. The molecule has 0 aliphatic heterocycles. The largest absolute Gasteiger partial charge is 0.673 e. The van der Waals surface area contributed by atoms with Crippen LogP contribution in [-0.4, -0.2) is 21.8 Å².